The van der Waals surface area contributed by atoms with Crippen LogP contribution in [0, 0.1) is 5.82 Å². The van der Waals surface area contributed by atoms with Crippen LogP contribution >= 0.6 is 39.3 Å². The van der Waals surface area contributed by atoms with Gasteiger partial charge in [-0.2, -0.15) is 0 Å². The molecule has 1 N–H and O–H groups in total. The second-order valence-electron chi connectivity index (χ2n) is 7.04. The molecule has 0 bridgehead atoms. The van der Waals surface area contributed by atoms with E-state index in [1.165, 1.54) is 30.0 Å². The van der Waals surface area contributed by atoms with E-state index in [-0.39, 0.29) is 22.3 Å². The fourth-order valence-corrected chi connectivity index (χ4v) is 4.81. The van der Waals surface area contributed by atoms with Crippen LogP contribution in [0.5, 0.6) is 0 Å². The number of anilines is 1. The number of nitrogens with zero attached hydrogens (tertiary/aromatic N) is 2. The van der Waals surface area contributed by atoms with E-state index in [9.17, 15) is 9.18 Å². The van der Waals surface area contributed by atoms with Gasteiger partial charge in [-0.15, -0.1) is 0 Å². The Kier molecular flexibility index (Phi) is 6.08. The summed E-state index contributed by atoms with van der Waals surface area (Å²) in [4.78, 5) is 22.3. The zero-order valence-corrected chi connectivity index (χ0v) is 18.6. The third kappa shape index (κ3) is 4.73. The second kappa shape index (κ2) is 8.58. The number of hydrogen-bond donors (Lipinski definition) is 1. The summed E-state index contributed by atoms with van der Waals surface area (Å²) in [5, 5.41) is 3.51. The number of hydrogen-bond acceptors (Lipinski definition) is 4. The highest BCUT2D eigenvalue weighted by molar-refractivity contribution is 9.10. The molecule has 4 rings (SSSR count). The van der Waals surface area contributed by atoms with Gasteiger partial charge in [-0.3, -0.25) is 9.79 Å². The number of nitrogens with one attached hydrogen (secondary N) is 1. The quantitative estimate of drug-likeness (QED) is 0.559. The van der Waals surface area contributed by atoms with Crippen molar-refractivity contribution < 1.29 is 9.18 Å². The number of benzene rings is 2. The van der Waals surface area contributed by atoms with Crippen molar-refractivity contribution in [1.29, 1.82) is 0 Å². The van der Waals surface area contributed by atoms with E-state index in [0.29, 0.717) is 5.69 Å². The molecule has 1 aliphatic heterocycles. The summed E-state index contributed by atoms with van der Waals surface area (Å²) in [6.07, 6.45) is 4.11. The van der Waals surface area contributed by atoms with Gasteiger partial charge in [-0.25, -0.2) is 9.38 Å². The van der Waals surface area contributed by atoms with Crippen molar-refractivity contribution in [1.82, 2.24) is 0 Å². The molecule has 0 atom stereocenters. The summed E-state index contributed by atoms with van der Waals surface area (Å²) in [5.74, 6) is -0.543. The monoisotopic (exact) mass is 493 g/mol. The van der Waals surface area contributed by atoms with Crippen molar-refractivity contribution in [2.24, 2.45) is 9.98 Å². The van der Waals surface area contributed by atoms with Gasteiger partial charge in [0.2, 0.25) is 5.91 Å². The molecule has 8 heteroatoms. The lowest BCUT2D eigenvalue weighted by Crippen LogP contribution is -2.17. The maximum absolute atomic E-state index is 13.3. The first kappa shape index (κ1) is 20.6. The van der Waals surface area contributed by atoms with E-state index in [0.717, 1.165) is 46.5 Å². The van der Waals surface area contributed by atoms with Crippen LogP contribution in [-0.4, -0.2) is 28.1 Å². The predicted molar refractivity (Wildman–Crippen MR) is 122 cm³/mol. The Morgan fingerprint density at radius 1 is 1.17 bits per heavy atom. The maximum Gasteiger partial charge on any atom is 0.234 e. The molecule has 0 radical (unpaired) electrons. The SMILES string of the molecule is O=C(CSC1=NC2(CCCC2)N=C1c1ccc(Br)cc1)Nc1ccc(F)c(Cl)c1. The van der Waals surface area contributed by atoms with Gasteiger partial charge in [0, 0.05) is 15.7 Å². The van der Waals surface area contributed by atoms with Gasteiger partial charge in [0.25, 0.3) is 0 Å². The van der Waals surface area contributed by atoms with Gasteiger partial charge in [0.1, 0.15) is 10.9 Å². The molecule has 1 amide bonds. The molecule has 0 unspecified atom stereocenters. The van der Waals surface area contributed by atoms with Gasteiger partial charge < -0.3 is 5.32 Å². The van der Waals surface area contributed by atoms with Crippen molar-refractivity contribution in [2.45, 2.75) is 31.3 Å². The van der Waals surface area contributed by atoms with Gasteiger partial charge in [-0.1, -0.05) is 51.4 Å². The summed E-state index contributed by atoms with van der Waals surface area (Å²) in [5.41, 5.74) is 1.94. The van der Waals surface area contributed by atoms with E-state index < -0.39 is 5.82 Å². The molecule has 2 aliphatic rings. The third-order valence-electron chi connectivity index (χ3n) is 4.90. The summed E-state index contributed by atoms with van der Waals surface area (Å²) in [6.45, 7) is 0. The number of carbonyl (C=O) groups is 1. The predicted octanol–water partition coefficient (Wildman–Crippen LogP) is 6.09. The normalized spacial score (nSPS) is 17.3. The van der Waals surface area contributed by atoms with Gasteiger partial charge in [0.15, 0.2) is 5.66 Å². The Morgan fingerprint density at radius 2 is 1.90 bits per heavy atom. The summed E-state index contributed by atoms with van der Waals surface area (Å²) in [6, 6.07) is 12.1. The minimum absolute atomic E-state index is 0.0246. The van der Waals surface area contributed by atoms with Crippen molar-refractivity contribution in [3.05, 3.63) is 63.3 Å². The fraction of sp³-hybridized carbons (Fsp3) is 0.286. The molecule has 2 aromatic carbocycles. The molecule has 2 aromatic rings. The van der Waals surface area contributed by atoms with Crippen LogP contribution in [0.15, 0.2) is 56.9 Å². The van der Waals surface area contributed by atoms with Gasteiger partial charge >= 0.3 is 0 Å². The van der Waals surface area contributed by atoms with Crippen LogP contribution in [0.1, 0.15) is 31.2 Å². The smallest absolute Gasteiger partial charge is 0.234 e. The van der Waals surface area contributed by atoms with Crippen LogP contribution in [0.3, 0.4) is 0 Å². The molecule has 4 nitrogen and oxygen atoms in total. The third-order valence-corrected chi connectivity index (χ3v) is 6.68. The van der Waals surface area contributed by atoms with Gasteiger partial charge in [-0.05, 0) is 56.0 Å². The zero-order valence-electron chi connectivity index (χ0n) is 15.4. The van der Waals surface area contributed by atoms with Crippen LogP contribution in [0.4, 0.5) is 10.1 Å². The summed E-state index contributed by atoms with van der Waals surface area (Å²) >= 11 is 10.6. The number of amides is 1. The van der Waals surface area contributed by atoms with E-state index >= 15 is 0 Å². The molecule has 150 valence electrons. The highest BCUT2D eigenvalue weighted by Crippen LogP contribution is 2.40. The number of thioether (sulfide) groups is 1. The molecule has 1 saturated carbocycles. The van der Waals surface area contributed by atoms with E-state index in [1.54, 1.807) is 0 Å². The Bertz CT molecular complexity index is 1000. The number of aliphatic imine (C=N–C) groups is 2. The average Bonchev–Trinajstić information content (AvgIpc) is 3.31. The maximum atomic E-state index is 13.3. The lowest BCUT2D eigenvalue weighted by atomic mass is 10.1. The molecule has 1 aliphatic carbocycles. The Morgan fingerprint density at radius 3 is 2.59 bits per heavy atom. The molecule has 1 heterocycles. The number of carbonyl (C=O) groups excluding carboxylic acids is 1. The summed E-state index contributed by atoms with van der Waals surface area (Å²) < 4.78 is 14.3. The van der Waals surface area contributed by atoms with Crippen LogP contribution in [0.2, 0.25) is 5.02 Å². The van der Waals surface area contributed by atoms with E-state index in [1.807, 2.05) is 24.3 Å². The molecule has 0 aromatic heterocycles. The largest absolute Gasteiger partial charge is 0.325 e. The van der Waals surface area contributed by atoms with Crippen molar-refractivity contribution in [2.75, 3.05) is 11.1 Å². The molecule has 29 heavy (non-hydrogen) atoms. The van der Waals surface area contributed by atoms with Crippen molar-refractivity contribution in [3.63, 3.8) is 0 Å². The molecule has 1 fully saturated rings. The number of rotatable bonds is 4. The zero-order chi connectivity index (χ0) is 20.4. The lowest BCUT2D eigenvalue weighted by Gasteiger charge is -2.14. The van der Waals surface area contributed by atoms with Crippen molar-refractivity contribution >= 4 is 61.6 Å². The van der Waals surface area contributed by atoms with Crippen molar-refractivity contribution in [3.8, 4) is 0 Å². The molecule has 1 spiro atoms. The molecule has 0 saturated heterocycles. The first-order chi connectivity index (χ1) is 13.9. The first-order valence-electron chi connectivity index (χ1n) is 9.28. The molecular weight excluding hydrogens is 477 g/mol. The summed E-state index contributed by atoms with van der Waals surface area (Å²) in [7, 11) is 0. The fourth-order valence-electron chi connectivity index (χ4n) is 3.49. The lowest BCUT2D eigenvalue weighted by molar-refractivity contribution is -0.113. The Balaban J connectivity index is 1.48. The van der Waals surface area contributed by atoms with Crippen LogP contribution in [-0.2, 0) is 4.79 Å². The average molecular weight is 495 g/mol. The number of halogens is 3. The first-order valence-corrected chi connectivity index (χ1v) is 11.4. The molecular formula is C21H18BrClFN3OS. The minimum Gasteiger partial charge on any atom is -0.325 e. The Labute approximate surface area is 186 Å². The van der Waals surface area contributed by atoms with Gasteiger partial charge in [0.05, 0.1) is 16.5 Å². The minimum atomic E-state index is -0.517. The topological polar surface area (TPSA) is 53.8 Å². The van der Waals surface area contributed by atoms with Crippen LogP contribution in [0.25, 0.3) is 0 Å². The van der Waals surface area contributed by atoms with Crippen LogP contribution < -0.4 is 5.32 Å². The highest BCUT2D eigenvalue weighted by Gasteiger charge is 2.39. The Hall–Kier alpha value is -1.70. The highest BCUT2D eigenvalue weighted by atomic mass is 79.9. The second-order valence-corrected chi connectivity index (χ2v) is 9.33. The van der Waals surface area contributed by atoms with E-state index in [2.05, 4.69) is 21.2 Å². The standard InChI is InChI=1S/C21H18BrClFN3OS/c22-14-5-3-13(4-6-14)19-20(27-21(26-19)9-1-2-10-21)29-12-18(28)25-15-7-8-17(24)16(23)11-15/h3-8,11H,1-2,9-10,12H2,(H,25,28). The van der Waals surface area contributed by atoms with E-state index in [4.69, 9.17) is 21.6 Å².